The number of thiocarbonyl (C=S) groups is 1. The van der Waals surface area contributed by atoms with Crippen LogP contribution in [0.5, 0.6) is 0 Å². The van der Waals surface area contributed by atoms with Gasteiger partial charge in [0, 0.05) is 19.1 Å². The van der Waals surface area contributed by atoms with E-state index in [1.54, 1.807) is 0 Å². The van der Waals surface area contributed by atoms with Crippen LogP contribution in [0.15, 0.2) is 0 Å². The number of rotatable bonds is 3. The molecular weight excluding hydrogens is 192 g/mol. The molecule has 1 heterocycles. The molecule has 0 aromatic rings. The Morgan fingerprint density at radius 3 is 2.71 bits per heavy atom. The average molecular weight is 214 g/mol. The average Bonchev–Trinajstić information content (AvgIpc) is 2.45. The van der Waals surface area contributed by atoms with Crippen LogP contribution in [0, 0.1) is 5.92 Å². The zero-order valence-electron chi connectivity index (χ0n) is 9.55. The lowest BCUT2D eigenvalue weighted by atomic mass is 10.1. The molecule has 0 radical (unpaired) electrons. The summed E-state index contributed by atoms with van der Waals surface area (Å²) >= 11 is 5.37. The first-order valence-corrected chi connectivity index (χ1v) is 6.10. The van der Waals surface area contributed by atoms with E-state index in [4.69, 9.17) is 12.2 Å². The molecule has 0 spiro atoms. The number of hydrogen-bond donors (Lipinski definition) is 1. The molecule has 2 atom stereocenters. The van der Waals surface area contributed by atoms with Gasteiger partial charge in [0.25, 0.3) is 0 Å². The highest BCUT2D eigenvalue weighted by molar-refractivity contribution is 7.80. The van der Waals surface area contributed by atoms with Gasteiger partial charge in [-0.1, -0.05) is 20.3 Å². The molecule has 2 unspecified atom stereocenters. The van der Waals surface area contributed by atoms with E-state index in [9.17, 15) is 0 Å². The molecule has 0 aromatic carbocycles. The van der Waals surface area contributed by atoms with Gasteiger partial charge in [0.2, 0.25) is 0 Å². The summed E-state index contributed by atoms with van der Waals surface area (Å²) in [4.78, 5) is 2.33. The molecule has 2 nitrogen and oxygen atoms in total. The van der Waals surface area contributed by atoms with Crippen LogP contribution in [0.4, 0.5) is 0 Å². The molecule has 0 aliphatic carbocycles. The highest BCUT2D eigenvalue weighted by Crippen LogP contribution is 2.21. The minimum atomic E-state index is 0.617. The summed E-state index contributed by atoms with van der Waals surface area (Å²) in [5.74, 6) is 0.788. The Morgan fingerprint density at radius 1 is 1.50 bits per heavy atom. The normalized spacial score (nSPS) is 26.6. The molecule has 0 saturated carbocycles. The van der Waals surface area contributed by atoms with Crippen LogP contribution < -0.4 is 5.32 Å². The summed E-state index contributed by atoms with van der Waals surface area (Å²) in [7, 11) is 0. The Kier molecular flexibility index (Phi) is 4.66. The number of unbranched alkanes of at least 4 members (excludes halogenated alkanes) is 1. The van der Waals surface area contributed by atoms with Crippen LogP contribution in [-0.4, -0.2) is 29.1 Å². The Labute approximate surface area is 93.1 Å². The molecule has 1 aliphatic rings. The number of likely N-dealkylation sites (tertiary alicyclic amines) is 1. The fourth-order valence-corrected chi connectivity index (χ4v) is 2.41. The molecule has 1 aliphatic heterocycles. The van der Waals surface area contributed by atoms with Crippen molar-refractivity contribution >= 4 is 17.3 Å². The van der Waals surface area contributed by atoms with E-state index in [2.05, 4.69) is 31.0 Å². The van der Waals surface area contributed by atoms with E-state index in [-0.39, 0.29) is 0 Å². The van der Waals surface area contributed by atoms with Crippen molar-refractivity contribution in [1.82, 2.24) is 10.2 Å². The van der Waals surface area contributed by atoms with Crippen molar-refractivity contribution < 1.29 is 0 Å². The molecule has 1 fully saturated rings. The standard InChI is InChI=1S/C11H22N2S/c1-4-5-6-12-11(14)13-8-9(2)7-10(13)3/h9-10H,4-8H2,1-3H3,(H,12,14). The van der Waals surface area contributed by atoms with Gasteiger partial charge in [-0.05, 0) is 37.9 Å². The molecule has 1 saturated heterocycles. The Hall–Kier alpha value is -0.310. The number of hydrogen-bond acceptors (Lipinski definition) is 1. The minimum Gasteiger partial charge on any atom is -0.363 e. The van der Waals surface area contributed by atoms with E-state index in [1.165, 1.54) is 19.3 Å². The summed E-state index contributed by atoms with van der Waals surface area (Å²) in [6, 6.07) is 0.617. The van der Waals surface area contributed by atoms with Gasteiger partial charge in [-0.3, -0.25) is 0 Å². The Balaban J connectivity index is 2.30. The van der Waals surface area contributed by atoms with Gasteiger partial charge in [-0.2, -0.15) is 0 Å². The lowest BCUT2D eigenvalue weighted by Gasteiger charge is -2.24. The second kappa shape index (κ2) is 5.54. The molecule has 0 amide bonds. The Bertz CT molecular complexity index is 194. The fraction of sp³-hybridized carbons (Fsp3) is 0.909. The first-order chi connectivity index (χ1) is 6.65. The Morgan fingerprint density at radius 2 is 2.21 bits per heavy atom. The van der Waals surface area contributed by atoms with Gasteiger partial charge in [-0.25, -0.2) is 0 Å². The molecule has 82 valence electrons. The van der Waals surface area contributed by atoms with Crippen molar-refractivity contribution in [3.05, 3.63) is 0 Å². The van der Waals surface area contributed by atoms with Gasteiger partial charge in [0.1, 0.15) is 0 Å². The van der Waals surface area contributed by atoms with E-state index >= 15 is 0 Å². The van der Waals surface area contributed by atoms with Crippen LogP contribution in [0.2, 0.25) is 0 Å². The highest BCUT2D eigenvalue weighted by atomic mass is 32.1. The zero-order valence-corrected chi connectivity index (χ0v) is 10.4. The first kappa shape index (κ1) is 11.8. The number of nitrogens with one attached hydrogen (secondary N) is 1. The molecule has 3 heteroatoms. The van der Waals surface area contributed by atoms with Crippen LogP contribution in [0.25, 0.3) is 0 Å². The lowest BCUT2D eigenvalue weighted by Crippen LogP contribution is -2.42. The third-order valence-corrected chi connectivity index (χ3v) is 3.23. The van der Waals surface area contributed by atoms with E-state index in [1.807, 2.05) is 0 Å². The van der Waals surface area contributed by atoms with Crippen LogP contribution in [0.1, 0.15) is 40.0 Å². The minimum absolute atomic E-state index is 0.617. The van der Waals surface area contributed by atoms with Gasteiger partial charge >= 0.3 is 0 Å². The topological polar surface area (TPSA) is 15.3 Å². The zero-order chi connectivity index (χ0) is 10.6. The number of nitrogens with zero attached hydrogens (tertiary/aromatic N) is 1. The quantitative estimate of drug-likeness (QED) is 0.573. The van der Waals surface area contributed by atoms with Crippen LogP contribution in [0.3, 0.4) is 0 Å². The second-order valence-electron chi connectivity index (χ2n) is 4.43. The smallest absolute Gasteiger partial charge is 0.169 e. The molecule has 1 N–H and O–H groups in total. The van der Waals surface area contributed by atoms with Crippen LogP contribution in [-0.2, 0) is 0 Å². The van der Waals surface area contributed by atoms with Crippen molar-refractivity contribution in [3.8, 4) is 0 Å². The van der Waals surface area contributed by atoms with Gasteiger partial charge in [0.05, 0.1) is 0 Å². The fourth-order valence-electron chi connectivity index (χ4n) is 2.06. The summed E-state index contributed by atoms with van der Waals surface area (Å²) in [5, 5.41) is 4.29. The molecule has 14 heavy (non-hydrogen) atoms. The van der Waals surface area contributed by atoms with E-state index < -0.39 is 0 Å². The monoisotopic (exact) mass is 214 g/mol. The van der Waals surface area contributed by atoms with Crippen molar-refractivity contribution in [2.75, 3.05) is 13.1 Å². The van der Waals surface area contributed by atoms with Crippen molar-refractivity contribution in [3.63, 3.8) is 0 Å². The summed E-state index contributed by atoms with van der Waals surface area (Å²) < 4.78 is 0. The van der Waals surface area contributed by atoms with Crippen LogP contribution >= 0.6 is 12.2 Å². The largest absolute Gasteiger partial charge is 0.363 e. The van der Waals surface area contributed by atoms with Gasteiger partial charge < -0.3 is 10.2 Å². The molecule has 0 bridgehead atoms. The third kappa shape index (κ3) is 3.12. The van der Waals surface area contributed by atoms with Gasteiger partial charge in [0.15, 0.2) is 5.11 Å². The molecular formula is C11H22N2S. The van der Waals surface area contributed by atoms with E-state index in [0.717, 1.165) is 24.1 Å². The van der Waals surface area contributed by atoms with Crippen molar-refractivity contribution in [2.45, 2.75) is 46.1 Å². The summed E-state index contributed by atoms with van der Waals surface area (Å²) in [6.07, 6.45) is 3.70. The van der Waals surface area contributed by atoms with Gasteiger partial charge in [-0.15, -0.1) is 0 Å². The highest BCUT2D eigenvalue weighted by Gasteiger charge is 2.27. The SMILES string of the molecule is CCCCNC(=S)N1CC(C)CC1C. The lowest BCUT2D eigenvalue weighted by molar-refractivity contribution is 0.404. The molecule has 0 aromatic heterocycles. The van der Waals surface area contributed by atoms with Crippen molar-refractivity contribution in [1.29, 1.82) is 0 Å². The maximum atomic E-state index is 5.37. The summed E-state index contributed by atoms with van der Waals surface area (Å²) in [6.45, 7) is 8.90. The third-order valence-electron chi connectivity index (χ3n) is 2.85. The maximum absolute atomic E-state index is 5.37. The predicted octanol–water partition coefficient (Wildman–Crippen LogP) is 2.39. The predicted molar refractivity (Wildman–Crippen MR) is 65.5 cm³/mol. The molecule has 1 rings (SSSR count). The summed E-state index contributed by atoms with van der Waals surface area (Å²) in [5.41, 5.74) is 0. The maximum Gasteiger partial charge on any atom is 0.169 e. The first-order valence-electron chi connectivity index (χ1n) is 5.69. The van der Waals surface area contributed by atoms with Crippen molar-refractivity contribution in [2.24, 2.45) is 5.92 Å². The van der Waals surface area contributed by atoms with E-state index in [0.29, 0.717) is 6.04 Å². The second-order valence-corrected chi connectivity index (χ2v) is 4.81.